The van der Waals surface area contributed by atoms with Crippen molar-refractivity contribution >= 4 is 14.5 Å². The third kappa shape index (κ3) is 3.20. The second-order valence-corrected chi connectivity index (χ2v) is 8.57. The van der Waals surface area contributed by atoms with Crippen molar-refractivity contribution < 1.29 is 10.2 Å². The molecule has 1 atom stereocenters. The number of aryl methyl sites for hydroxylation is 4. The Labute approximate surface area is 170 Å². The van der Waals surface area contributed by atoms with Crippen LogP contribution in [0.5, 0.6) is 11.5 Å². The fourth-order valence-electron chi connectivity index (χ4n) is 4.35. The van der Waals surface area contributed by atoms with Gasteiger partial charge in [-0.1, -0.05) is 12.1 Å². The molecular weight excluding hydrogens is 363 g/mol. The largest absolute Gasteiger partial charge is 0.507 e. The van der Waals surface area contributed by atoms with Gasteiger partial charge in [-0.15, -0.1) is 9.24 Å². The molecule has 0 amide bonds. The predicted octanol–water partition coefficient (Wildman–Crippen LogP) is 6.09. The van der Waals surface area contributed by atoms with Crippen LogP contribution in [0.4, 0.5) is 0 Å². The Morgan fingerprint density at radius 1 is 0.571 bits per heavy atom. The van der Waals surface area contributed by atoms with E-state index in [1.807, 2.05) is 52.0 Å². The molecule has 0 saturated heterocycles. The quantitative estimate of drug-likeness (QED) is 0.518. The molecule has 0 bridgehead atoms. The van der Waals surface area contributed by atoms with Crippen LogP contribution in [0, 0.1) is 48.5 Å². The van der Waals surface area contributed by atoms with Crippen LogP contribution in [0.1, 0.15) is 38.9 Å². The van der Waals surface area contributed by atoms with Crippen molar-refractivity contribution in [2.24, 2.45) is 0 Å². The van der Waals surface area contributed by atoms with Crippen molar-refractivity contribution in [3.63, 3.8) is 0 Å². The summed E-state index contributed by atoms with van der Waals surface area (Å²) in [7, 11) is 2.85. The van der Waals surface area contributed by atoms with E-state index in [2.05, 4.69) is 30.0 Å². The van der Waals surface area contributed by atoms with E-state index < -0.39 is 0 Å². The minimum absolute atomic E-state index is 0.320. The molecule has 1 unspecified atom stereocenters. The van der Waals surface area contributed by atoms with Crippen molar-refractivity contribution in [3.8, 4) is 33.8 Å². The van der Waals surface area contributed by atoms with E-state index in [1.54, 1.807) is 0 Å². The van der Waals surface area contributed by atoms with Gasteiger partial charge in [0.2, 0.25) is 0 Å². The Kier molecular flexibility index (Phi) is 5.30. The summed E-state index contributed by atoms with van der Waals surface area (Å²) in [5.41, 5.74) is 11.1. The number of phenols is 2. The maximum absolute atomic E-state index is 10.8. The molecule has 0 aliphatic carbocycles. The highest BCUT2D eigenvalue weighted by molar-refractivity contribution is 7.27. The van der Waals surface area contributed by atoms with Crippen LogP contribution in [0.25, 0.3) is 22.3 Å². The highest BCUT2D eigenvalue weighted by atomic mass is 31.0. The molecule has 3 heteroatoms. The normalized spacial score (nSPS) is 11.1. The first-order valence-corrected chi connectivity index (χ1v) is 10.1. The molecule has 0 heterocycles. The minimum atomic E-state index is 0.320. The molecular formula is C25H29O2P. The average molecular weight is 392 g/mol. The predicted molar refractivity (Wildman–Crippen MR) is 123 cm³/mol. The smallest absolute Gasteiger partial charge is 0.126 e. The van der Waals surface area contributed by atoms with Gasteiger partial charge in [0.05, 0.1) is 0 Å². The summed E-state index contributed by atoms with van der Waals surface area (Å²) < 4.78 is 0. The summed E-state index contributed by atoms with van der Waals surface area (Å²) in [5, 5.41) is 22.8. The maximum atomic E-state index is 10.8. The number of phenolic OH excluding ortho intramolecular Hbond substituents is 2. The van der Waals surface area contributed by atoms with Gasteiger partial charge < -0.3 is 10.2 Å². The van der Waals surface area contributed by atoms with Crippen LogP contribution in [-0.2, 0) is 0 Å². The molecule has 0 fully saturated rings. The molecule has 3 aromatic rings. The highest BCUT2D eigenvalue weighted by Crippen LogP contribution is 2.44. The minimum Gasteiger partial charge on any atom is -0.507 e. The van der Waals surface area contributed by atoms with Gasteiger partial charge in [-0.05, 0) is 116 Å². The number of aromatic hydroxyl groups is 2. The zero-order chi connectivity index (χ0) is 20.9. The second-order valence-electron chi connectivity index (χ2n) is 7.99. The van der Waals surface area contributed by atoms with E-state index in [-0.39, 0.29) is 0 Å². The van der Waals surface area contributed by atoms with Crippen LogP contribution >= 0.6 is 9.24 Å². The molecule has 0 aliphatic rings. The lowest BCUT2D eigenvalue weighted by Gasteiger charge is -2.23. The van der Waals surface area contributed by atoms with Gasteiger partial charge >= 0.3 is 0 Å². The molecule has 0 radical (unpaired) electrons. The van der Waals surface area contributed by atoms with E-state index >= 15 is 0 Å². The fourth-order valence-corrected chi connectivity index (χ4v) is 4.64. The standard InChI is InChI=1S/C25H29O2P/c1-12-8-14(3)23(26)19(10-12)21-16(5)22(18(7)25(28)17(21)6)20-11-13(2)9-15(4)24(20)27/h8-11,26-27H,28H2,1-7H3. The maximum Gasteiger partial charge on any atom is 0.126 e. The van der Waals surface area contributed by atoms with Crippen molar-refractivity contribution in [2.45, 2.75) is 48.5 Å². The van der Waals surface area contributed by atoms with Crippen LogP contribution in [0.2, 0.25) is 0 Å². The zero-order valence-corrected chi connectivity index (χ0v) is 18.9. The Morgan fingerprint density at radius 3 is 1.29 bits per heavy atom. The van der Waals surface area contributed by atoms with Crippen molar-refractivity contribution in [1.29, 1.82) is 0 Å². The average Bonchev–Trinajstić information content (AvgIpc) is 2.61. The summed E-state index contributed by atoms with van der Waals surface area (Å²) in [6.07, 6.45) is 0. The molecule has 0 aliphatic heterocycles. The third-order valence-electron chi connectivity index (χ3n) is 5.74. The van der Waals surface area contributed by atoms with Crippen LogP contribution < -0.4 is 5.30 Å². The first kappa shape index (κ1) is 20.4. The topological polar surface area (TPSA) is 40.5 Å². The number of hydrogen-bond donors (Lipinski definition) is 2. The molecule has 3 aromatic carbocycles. The Morgan fingerprint density at radius 2 is 0.929 bits per heavy atom. The van der Waals surface area contributed by atoms with Gasteiger partial charge in [-0.3, -0.25) is 0 Å². The molecule has 3 rings (SSSR count). The summed E-state index contributed by atoms with van der Waals surface area (Å²) in [5.74, 6) is 0.640. The van der Waals surface area contributed by atoms with Crippen LogP contribution in [-0.4, -0.2) is 10.2 Å². The molecule has 2 N–H and O–H groups in total. The molecule has 28 heavy (non-hydrogen) atoms. The van der Waals surface area contributed by atoms with Gasteiger partial charge in [-0.2, -0.15) is 0 Å². The van der Waals surface area contributed by atoms with Gasteiger partial charge in [0.1, 0.15) is 11.5 Å². The Hall–Kier alpha value is -2.31. The van der Waals surface area contributed by atoms with E-state index in [1.165, 1.54) is 0 Å². The van der Waals surface area contributed by atoms with Gasteiger partial charge in [-0.25, -0.2) is 0 Å². The molecule has 0 saturated carbocycles. The van der Waals surface area contributed by atoms with Crippen molar-refractivity contribution in [1.82, 2.24) is 0 Å². The monoisotopic (exact) mass is 392 g/mol. The second kappa shape index (κ2) is 7.26. The van der Waals surface area contributed by atoms with Crippen LogP contribution in [0.15, 0.2) is 24.3 Å². The van der Waals surface area contributed by atoms with Gasteiger partial charge in [0.25, 0.3) is 0 Å². The van der Waals surface area contributed by atoms with Gasteiger partial charge in [0, 0.05) is 11.1 Å². The molecule has 0 spiro atoms. The summed E-state index contributed by atoms with van der Waals surface area (Å²) in [4.78, 5) is 0. The first-order chi connectivity index (χ1) is 13.0. The number of benzene rings is 3. The lowest BCUT2D eigenvalue weighted by molar-refractivity contribution is 0.473. The zero-order valence-electron chi connectivity index (χ0n) is 17.8. The SMILES string of the molecule is Cc1cc(C)c(O)c(-c2c(C)c(P)c(C)c(-c3cc(C)cc(C)c3O)c2C)c1. The van der Waals surface area contributed by atoms with Crippen LogP contribution in [0.3, 0.4) is 0 Å². The summed E-state index contributed by atoms with van der Waals surface area (Å²) in [6, 6.07) is 8.08. The third-order valence-corrected chi connectivity index (χ3v) is 6.60. The molecule has 0 aromatic heterocycles. The first-order valence-electron chi connectivity index (χ1n) is 9.55. The van der Waals surface area contributed by atoms with Crippen molar-refractivity contribution in [3.05, 3.63) is 63.2 Å². The number of hydrogen-bond acceptors (Lipinski definition) is 2. The van der Waals surface area contributed by atoms with E-state index in [4.69, 9.17) is 0 Å². The summed E-state index contributed by atoms with van der Waals surface area (Å²) >= 11 is 0. The molecule has 146 valence electrons. The lowest BCUT2D eigenvalue weighted by Crippen LogP contribution is -2.10. The summed E-state index contributed by atoms with van der Waals surface area (Å²) in [6.45, 7) is 14.2. The number of rotatable bonds is 2. The van der Waals surface area contributed by atoms with E-state index in [0.29, 0.717) is 11.5 Å². The van der Waals surface area contributed by atoms with Gasteiger partial charge in [0.15, 0.2) is 0 Å². The lowest BCUT2D eigenvalue weighted by atomic mass is 9.84. The fraction of sp³-hybridized carbons (Fsp3) is 0.280. The van der Waals surface area contributed by atoms with E-state index in [0.717, 1.165) is 66.5 Å². The Balaban J connectivity index is 2.48. The molecule has 2 nitrogen and oxygen atoms in total. The highest BCUT2D eigenvalue weighted by Gasteiger charge is 2.22. The van der Waals surface area contributed by atoms with Crippen molar-refractivity contribution in [2.75, 3.05) is 0 Å². The Bertz CT molecular complexity index is 1030. The van der Waals surface area contributed by atoms with E-state index in [9.17, 15) is 10.2 Å².